The van der Waals surface area contributed by atoms with Gasteiger partial charge >= 0.3 is 0 Å². The van der Waals surface area contributed by atoms with E-state index in [4.69, 9.17) is 21.0 Å². The molecule has 16 heteroatoms. The Hall–Kier alpha value is -6.06. The van der Waals surface area contributed by atoms with Gasteiger partial charge in [-0.1, -0.05) is 0 Å². The van der Waals surface area contributed by atoms with Crippen LogP contribution < -0.4 is 22.1 Å². The summed E-state index contributed by atoms with van der Waals surface area (Å²) in [4.78, 5) is 67.4. The molecule has 0 radical (unpaired) electrons. The van der Waals surface area contributed by atoms with E-state index >= 15 is 0 Å². The number of carbonyl (C=O) groups is 4. The number of nitrogens with one attached hydrogen (secondary N) is 2. The molecule has 6 heterocycles. The van der Waals surface area contributed by atoms with Crippen molar-refractivity contribution < 1.29 is 23.6 Å². The maximum absolute atomic E-state index is 13.7. The summed E-state index contributed by atoms with van der Waals surface area (Å²) in [7, 11) is 0. The van der Waals surface area contributed by atoms with Crippen molar-refractivity contribution in [2.45, 2.75) is 70.0 Å². The van der Waals surface area contributed by atoms with Crippen LogP contribution in [0.4, 0.5) is 17.5 Å². The van der Waals surface area contributed by atoms with E-state index < -0.39 is 11.9 Å². The summed E-state index contributed by atoms with van der Waals surface area (Å²) in [5, 5.41) is 11.6. The van der Waals surface area contributed by atoms with Crippen molar-refractivity contribution >= 4 is 63.3 Å². The van der Waals surface area contributed by atoms with E-state index in [0.29, 0.717) is 71.2 Å². The van der Waals surface area contributed by atoms with Crippen LogP contribution in [0.5, 0.6) is 0 Å². The number of carbonyl (C=O) groups excluding carboxylic acids is 4. The SMILES string of the molecule is Nc1nc2cc(-c3nn(C4CCN(C(=O)C5CCC(CNc6ccc7c(c6)CN(C6CCC(=O)NC6=O)C7=O)CC5)CC4)c4ncnc(N)c34)ccc2o1. The third-order valence-electron chi connectivity index (χ3n) is 11.6. The van der Waals surface area contributed by atoms with Gasteiger partial charge in [-0.2, -0.15) is 10.1 Å². The average Bonchev–Trinajstić information content (AvgIpc) is 3.86. The van der Waals surface area contributed by atoms with Crippen LogP contribution in [0.25, 0.3) is 33.4 Å². The molecule has 3 aromatic heterocycles. The van der Waals surface area contributed by atoms with E-state index in [0.717, 1.165) is 61.9 Å². The van der Waals surface area contributed by atoms with Gasteiger partial charge in [-0.15, -0.1) is 0 Å². The van der Waals surface area contributed by atoms with Gasteiger partial charge in [-0.3, -0.25) is 24.5 Å². The highest BCUT2D eigenvalue weighted by molar-refractivity contribution is 6.05. The summed E-state index contributed by atoms with van der Waals surface area (Å²) < 4.78 is 7.39. The number of nitrogens with zero attached hydrogens (tertiary/aromatic N) is 7. The average molecular weight is 732 g/mol. The second-order valence-corrected chi connectivity index (χ2v) is 14.9. The highest BCUT2D eigenvalue weighted by Gasteiger charge is 2.39. The van der Waals surface area contributed by atoms with Gasteiger partial charge in [0.05, 0.1) is 11.4 Å². The Morgan fingerprint density at radius 1 is 0.963 bits per heavy atom. The summed E-state index contributed by atoms with van der Waals surface area (Å²) in [5.41, 5.74) is 17.9. The van der Waals surface area contributed by atoms with Crippen LogP contribution in [-0.4, -0.2) is 83.8 Å². The van der Waals surface area contributed by atoms with Crippen molar-refractivity contribution in [3.63, 3.8) is 0 Å². The topological polar surface area (TPSA) is 220 Å². The van der Waals surface area contributed by atoms with Crippen molar-refractivity contribution in [3.05, 3.63) is 53.9 Å². The molecular weight excluding hydrogens is 690 g/mol. The monoisotopic (exact) mass is 731 g/mol. The van der Waals surface area contributed by atoms with E-state index in [2.05, 4.69) is 25.6 Å². The zero-order valence-electron chi connectivity index (χ0n) is 29.7. The number of likely N-dealkylation sites (tertiary alicyclic amines) is 1. The van der Waals surface area contributed by atoms with Crippen LogP contribution in [-0.2, 0) is 20.9 Å². The van der Waals surface area contributed by atoms with E-state index in [9.17, 15) is 19.2 Å². The Bertz CT molecular complexity index is 2320. The summed E-state index contributed by atoms with van der Waals surface area (Å²) in [6.07, 6.45) is 7.17. The first kappa shape index (κ1) is 33.8. The summed E-state index contributed by atoms with van der Waals surface area (Å²) in [6, 6.07) is 10.8. The Morgan fingerprint density at radius 3 is 2.57 bits per heavy atom. The Kier molecular flexibility index (Phi) is 8.38. The number of aromatic nitrogens is 5. The van der Waals surface area contributed by atoms with Crippen LogP contribution in [0.2, 0.25) is 0 Å². The molecule has 6 N–H and O–H groups in total. The third-order valence-corrected chi connectivity index (χ3v) is 11.6. The minimum Gasteiger partial charge on any atom is -0.424 e. The smallest absolute Gasteiger partial charge is 0.292 e. The van der Waals surface area contributed by atoms with Crippen molar-refractivity contribution in [1.29, 1.82) is 0 Å². The summed E-state index contributed by atoms with van der Waals surface area (Å²) in [6.45, 7) is 2.42. The first-order valence-corrected chi connectivity index (χ1v) is 18.7. The molecule has 4 amide bonds. The van der Waals surface area contributed by atoms with Crippen molar-refractivity contribution in [2.24, 2.45) is 11.8 Å². The number of imide groups is 1. The molecule has 0 bridgehead atoms. The molecule has 2 saturated heterocycles. The zero-order valence-corrected chi connectivity index (χ0v) is 29.7. The minimum atomic E-state index is -0.627. The van der Waals surface area contributed by atoms with Gasteiger partial charge in [-0.25, -0.2) is 14.6 Å². The molecule has 1 atom stereocenters. The molecule has 54 heavy (non-hydrogen) atoms. The molecule has 1 unspecified atom stereocenters. The number of nitrogens with two attached hydrogens (primary N) is 2. The van der Waals surface area contributed by atoms with Gasteiger partial charge in [-0.05, 0) is 92.8 Å². The van der Waals surface area contributed by atoms with E-state index in [1.165, 1.54) is 6.33 Å². The highest BCUT2D eigenvalue weighted by atomic mass is 16.4. The molecule has 1 aliphatic carbocycles. The maximum Gasteiger partial charge on any atom is 0.292 e. The number of amides is 4. The van der Waals surface area contributed by atoms with Gasteiger partial charge in [0.15, 0.2) is 11.2 Å². The molecule has 3 aliphatic heterocycles. The molecule has 1 saturated carbocycles. The predicted molar refractivity (Wildman–Crippen MR) is 198 cm³/mol. The number of rotatable bonds is 7. The lowest BCUT2D eigenvalue weighted by molar-refractivity contribution is -0.138. The maximum atomic E-state index is 13.7. The number of piperidine rings is 2. The van der Waals surface area contributed by atoms with Crippen molar-refractivity contribution in [3.8, 4) is 11.3 Å². The fourth-order valence-corrected chi connectivity index (χ4v) is 8.69. The summed E-state index contributed by atoms with van der Waals surface area (Å²) >= 11 is 0. The Balaban J connectivity index is 0.785. The van der Waals surface area contributed by atoms with Crippen molar-refractivity contribution in [1.82, 2.24) is 39.8 Å². The Labute approximate surface area is 309 Å². The van der Waals surface area contributed by atoms with Crippen LogP contribution in [0.1, 0.15) is 73.3 Å². The van der Waals surface area contributed by atoms with Crippen molar-refractivity contribution in [2.75, 3.05) is 36.4 Å². The third kappa shape index (κ3) is 6.04. The van der Waals surface area contributed by atoms with Crippen LogP contribution in [0.3, 0.4) is 0 Å². The lowest BCUT2D eigenvalue weighted by Gasteiger charge is -2.36. The molecule has 9 rings (SSSR count). The van der Waals surface area contributed by atoms with Gasteiger partial charge < -0.3 is 31.0 Å². The van der Waals surface area contributed by atoms with E-state index in [1.807, 2.05) is 46.0 Å². The largest absolute Gasteiger partial charge is 0.424 e. The predicted octanol–water partition coefficient (Wildman–Crippen LogP) is 3.64. The highest BCUT2D eigenvalue weighted by Crippen LogP contribution is 2.37. The van der Waals surface area contributed by atoms with Gasteiger partial charge in [0.1, 0.15) is 29.4 Å². The van der Waals surface area contributed by atoms with Crippen LogP contribution >= 0.6 is 0 Å². The van der Waals surface area contributed by atoms with E-state index in [-0.39, 0.29) is 42.1 Å². The standard InChI is InChI=1S/C38H41N11O5/c39-33-31-32(22-5-9-29-27(16-22)44-38(40)54-29)46-49(34(31)43-19-42-33)25-11-13-47(14-12-25)36(52)21-3-1-20(2-4-21)17-41-24-6-7-26-23(15-24)18-48(37(26)53)28-8-10-30(50)45-35(28)51/h5-7,9,15-16,19-21,25,28,41H,1-4,8,10-14,17-18H2,(H2,40,44)(H2,39,42,43)(H,45,50,51). The van der Waals surface area contributed by atoms with Gasteiger partial charge in [0, 0.05) is 55.3 Å². The fourth-order valence-electron chi connectivity index (χ4n) is 8.69. The lowest BCUT2D eigenvalue weighted by Crippen LogP contribution is -2.52. The summed E-state index contributed by atoms with van der Waals surface area (Å²) in [5.74, 6) is 0.166. The van der Waals surface area contributed by atoms with Crippen LogP contribution in [0.15, 0.2) is 47.1 Å². The second kappa shape index (κ2) is 13.4. The number of benzene rings is 2. The number of oxazole rings is 1. The fraction of sp³-hybridized carbons (Fsp3) is 0.421. The molecule has 0 spiro atoms. The normalized spacial score (nSPS) is 22.2. The first-order chi connectivity index (χ1) is 26.2. The van der Waals surface area contributed by atoms with Gasteiger partial charge in [0.2, 0.25) is 17.7 Å². The van der Waals surface area contributed by atoms with E-state index in [1.54, 1.807) is 4.90 Å². The molecule has 3 fully saturated rings. The Morgan fingerprint density at radius 2 is 1.78 bits per heavy atom. The molecule has 4 aliphatic rings. The zero-order chi connectivity index (χ0) is 37.1. The molecule has 16 nitrogen and oxygen atoms in total. The number of nitrogen functional groups attached to an aromatic ring is 2. The van der Waals surface area contributed by atoms with Gasteiger partial charge in [0.25, 0.3) is 11.9 Å². The number of anilines is 3. The molecule has 2 aromatic carbocycles. The molecule has 5 aromatic rings. The number of hydrogen-bond donors (Lipinski definition) is 4. The second-order valence-electron chi connectivity index (χ2n) is 14.9. The lowest BCUT2D eigenvalue weighted by atomic mass is 9.81. The molecule has 278 valence electrons. The minimum absolute atomic E-state index is 0.0206. The number of hydrogen-bond acceptors (Lipinski definition) is 12. The molecular formula is C38H41N11O5. The first-order valence-electron chi connectivity index (χ1n) is 18.7. The van der Waals surface area contributed by atoms with Crippen LogP contribution in [0, 0.1) is 11.8 Å². The quantitative estimate of drug-likeness (QED) is 0.176. The number of fused-ring (bicyclic) bond motifs is 3.